The summed E-state index contributed by atoms with van der Waals surface area (Å²) in [5.74, 6) is -1.11. The molecule has 7 nitrogen and oxygen atoms in total. The molecule has 3 atom stereocenters. The first-order chi connectivity index (χ1) is 15.8. The Bertz CT molecular complexity index is 470. The fraction of sp³-hybridized carbons (Fsp3) is 0.923. The van der Waals surface area contributed by atoms with Crippen LogP contribution in [0.25, 0.3) is 0 Å². The van der Waals surface area contributed by atoms with Crippen molar-refractivity contribution in [3.63, 3.8) is 0 Å². The van der Waals surface area contributed by atoms with E-state index in [9.17, 15) is 24.9 Å². The summed E-state index contributed by atoms with van der Waals surface area (Å²) in [6.45, 7) is 2.97. The van der Waals surface area contributed by atoms with Gasteiger partial charge >= 0.3 is 11.9 Å². The van der Waals surface area contributed by atoms with E-state index in [1.54, 1.807) is 0 Å². The molecule has 0 aromatic rings. The number of ether oxygens (including phenoxy) is 2. The number of hydrogen-bond donors (Lipinski definition) is 3. The van der Waals surface area contributed by atoms with E-state index in [4.69, 9.17) is 4.74 Å². The zero-order chi connectivity index (χ0) is 24.7. The summed E-state index contributed by atoms with van der Waals surface area (Å²) in [6, 6.07) is 0. The number of aliphatic hydroxyl groups excluding tert-OH is 3. The van der Waals surface area contributed by atoms with E-state index in [1.165, 1.54) is 71.1 Å². The van der Waals surface area contributed by atoms with Gasteiger partial charge in [-0.05, 0) is 19.3 Å². The molecule has 1 unspecified atom stereocenters. The Morgan fingerprint density at radius 2 is 1.03 bits per heavy atom. The third kappa shape index (κ3) is 23.8. The van der Waals surface area contributed by atoms with Crippen LogP contribution in [0.5, 0.6) is 0 Å². The van der Waals surface area contributed by atoms with Crippen LogP contribution in [-0.4, -0.2) is 58.8 Å². The van der Waals surface area contributed by atoms with E-state index in [0.29, 0.717) is 6.42 Å². The van der Waals surface area contributed by atoms with Crippen LogP contribution >= 0.6 is 0 Å². The molecule has 0 aromatic heterocycles. The van der Waals surface area contributed by atoms with Crippen molar-refractivity contribution < 1.29 is 34.4 Å². The van der Waals surface area contributed by atoms with Crippen molar-refractivity contribution in [2.24, 2.45) is 0 Å². The van der Waals surface area contributed by atoms with Gasteiger partial charge in [0.2, 0.25) is 0 Å². The minimum Gasteiger partial charge on any atom is -0.463 e. The number of aliphatic hydroxyl groups is 3. The second kappa shape index (κ2) is 22.6. The smallest absolute Gasteiger partial charge is 0.308 e. The number of esters is 2. The molecule has 196 valence electrons. The second-order valence-corrected chi connectivity index (χ2v) is 9.26. The highest BCUT2D eigenvalue weighted by atomic mass is 16.6. The molecular formula is C26H50O7. The average molecular weight is 475 g/mol. The van der Waals surface area contributed by atoms with Gasteiger partial charge in [0, 0.05) is 6.92 Å². The Hall–Kier alpha value is -1.18. The highest BCUT2D eigenvalue weighted by molar-refractivity contribution is 5.70. The Kier molecular flexibility index (Phi) is 21.8. The third-order valence-corrected chi connectivity index (χ3v) is 5.78. The van der Waals surface area contributed by atoms with Crippen molar-refractivity contribution in [2.45, 2.75) is 141 Å². The van der Waals surface area contributed by atoms with E-state index < -0.39 is 24.1 Å². The molecule has 0 spiro atoms. The number of rotatable bonds is 23. The lowest BCUT2D eigenvalue weighted by atomic mass is 10.0. The second-order valence-electron chi connectivity index (χ2n) is 9.26. The van der Waals surface area contributed by atoms with Gasteiger partial charge < -0.3 is 24.8 Å². The third-order valence-electron chi connectivity index (χ3n) is 5.78. The first kappa shape index (κ1) is 31.8. The first-order valence-corrected chi connectivity index (χ1v) is 13.2. The monoisotopic (exact) mass is 474 g/mol. The van der Waals surface area contributed by atoms with Crippen molar-refractivity contribution in [2.75, 3.05) is 13.2 Å². The lowest BCUT2D eigenvalue weighted by molar-refractivity contribution is -0.152. The Morgan fingerprint density at radius 1 is 0.606 bits per heavy atom. The van der Waals surface area contributed by atoms with E-state index in [-0.39, 0.29) is 25.7 Å². The van der Waals surface area contributed by atoms with E-state index in [1.807, 2.05) is 0 Å². The summed E-state index contributed by atoms with van der Waals surface area (Å²) in [6.07, 6.45) is 15.6. The van der Waals surface area contributed by atoms with Gasteiger partial charge in [0.15, 0.2) is 0 Å². The topological polar surface area (TPSA) is 113 Å². The molecule has 7 heteroatoms. The molecule has 0 aromatic carbocycles. The zero-order valence-corrected chi connectivity index (χ0v) is 21.1. The van der Waals surface area contributed by atoms with Crippen molar-refractivity contribution >= 4 is 11.9 Å². The molecule has 3 N–H and O–H groups in total. The number of carbonyl (C=O) groups is 2. The van der Waals surface area contributed by atoms with Crippen LogP contribution in [0.2, 0.25) is 0 Å². The van der Waals surface area contributed by atoms with Crippen LogP contribution in [0.1, 0.15) is 123 Å². The highest BCUT2D eigenvalue weighted by Crippen LogP contribution is 2.15. The van der Waals surface area contributed by atoms with E-state index >= 15 is 0 Å². The summed E-state index contributed by atoms with van der Waals surface area (Å²) >= 11 is 0. The molecule has 33 heavy (non-hydrogen) atoms. The van der Waals surface area contributed by atoms with Crippen LogP contribution in [0.4, 0.5) is 0 Å². The van der Waals surface area contributed by atoms with E-state index in [0.717, 1.165) is 32.1 Å². The van der Waals surface area contributed by atoms with Crippen LogP contribution in [0.3, 0.4) is 0 Å². The summed E-state index contributed by atoms with van der Waals surface area (Å²) < 4.78 is 9.49. The molecule has 0 saturated carbocycles. The molecule has 0 aliphatic heterocycles. The summed E-state index contributed by atoms with van der Waals surface area (Å²) in [4.78, 5) is 22.3. The Balaban J connectivity index is 3.51. The van der Waals surface area contributed by atoms with Crippen molar-refractivity contribution in [1.82, 2.24) is 0 Å². The maximum atomic E-state index is 11.7. The van der Waals surface area contributed by atoms with Crippen LogP contribution in [-0.2, 0) is 19.1 Å². The van der Waals surface area contributed by atoms with Crippen LogP contribution in [0.15, 0.2) is 0 Å². The Morgan fingerprint density at radius 3 is 1.55 bits per heavy atom. The Labute approximate surface area is 201 Å². The molecule has 0 fully saturated rings. The summed E-state index contributed by atoms with van der Waals surface area (Å²) in [5.41, 5.74) is 0. The zero-order valence-electron chi connectivity index (χ0n) is 21.1. The van der Waals surface area contributed by atoms with Crippen molar-refractivity contribution in [1.29, 1.82) is 0 Å². The van der Waals surface area contributed by atoms with Gasteiger partial charge in [-0.15, -0.1) is 0 Å². The maximum Gasteiger partial charge on any atom is 0.308 e. The lowest BCUT2D eigenvalue weighted by Crippen LogP contribution is -2.26. The minimum absolute atomic E-state index is 0.137. The fourth-order valence-corrected chi connectivity index (χ4v) is 3.75. The van der Waals surface area contributed by atoms with Crippen LogP contribution in [0, 0.1) is 0 Å². The van der Waals surface area contributed by atoms with Gasteiger partial charge in [0.1, 0.15) is 19.3 Å². The summed E-state index contributed by atoms with van der Waals surface area (Å²) in [7, 11) is 0. The average Bonchev–Trinajstić information content (AvgIpc) is 2.77. The maximum absolute atomic E-state index is 11.7. The largest absolute Gasteiger partial charge is 0.463 e. The first-order valence-electron chi connectivity index (χ1n) is 13.2. The number of hydrogen-bond acceptors (Lipinski definition) is 7. The predicted octanol–water partition coefficient (Wildman–Crippen LogP) is 4.83. The fourth-order valence-electron chi connectivity index (χ4n) is 3.75. The molecule has 0 amide bonds. The summed E-state index contributed by atoms with van der Waals surface area (Å²) in [5, 5.41) is 29.6. The normalized spacial score (nSPS) is 14.0. The van der Waals surface area contributed by atoms with Crippen LogP contribution < -0.4 is 0 Å². The van der Waals surface area contributed by atoms with Gasteiger partial charge in [-0.1, -0.05) is 90.4 Å². The standard InChI is InChI=1S/C26H50O7/c1-3-4-5-6-7-8-9-10-11-12-13-16-23(28)17-14-15-18-24(29)19-26(31)33-21-25(30)20-32-22(2)27/h23-25,28-30H,3-21H2,1-2H3/t23-,24-,25?/m1/s1. The van der Waals surface area contributed by atoms with Gasteiger partial charge in [0.05, 0.1) is 18.6 Å². The van der Waals surface area contributed by atoms with E-state index in [2.05, 4.69) is 11.7 Å². The van der Waals surface area contributed by atoms with Crippen molar-refractivity contribution in [3.8, 4) is 0 Å². The lowest BCUT2D eigenvalue weighted by Gasteiger charge is -2.14. The number of unbranched alkanes of at least 4 members (excludes halogenated alkanes) is 11. The highest BCUT2D eigenvalue weighted by Gasteiger charge is 2.15. The molecule has 0 saturated heterocycles. The van der Waals surface area contributed by atoms with Gasteiger partial charge in [-0.2, -0.15) is 0 Å². The molecule has 0 bridgehead atoms. The quantitative estimate of drug-likeness (QED) is 0.144. The molecule has 0 rings (SSSR count). The molecule has 0 radical (unpaired) electrons. The van der Waals surface area contributed by atoms with Gasteiger partial charge in [0.25, 0.3) is 0 Å². The van der Waals surface area contributed by atoms with Gasteiger partial charge in [-0.3, -0.25) is 9.59 Å². The molecule has 0 aliphatic rings. The van der Waals surface area contributed by atoms with Gasteiger partial charge in [-0.25, -0.2) is 0 Å². The SMILES string of the molecule is CCCCCCCCCCCCC[C@@H](O)CCCC[C@@H](O)CC(=O)OCC(O)COC(C)=O. The molecular weight excluding hydrogens is 424 g/mol. The number of carbonyl (C=O) groups excluding carboxylic acids is 2. The molecule has 0 heterocycles. The molecule has 0 aliphatic carbocycles. The predicted molar refractivity (Wildman–Crippen MR) is 130 cm³/mol. The van der Waals surface area contributed by atoms with Crippen molar-refractivity contribution in [3.05, 3.63) is 0 Å². The minimum atomic E-state index is -1.07.